The van der Waals surface area contributed by atoms with Gasteiger partial charge in [0.05, 0.1) is 6.42 Å². The van der Waals surface area contributed by atoms with Crippen molar-refractivity contribution in [2.24, 2.45) is 0 Å². The molecule has 0 aliphatic carbocycles. The largest absolute Gasteiger partial charge is 0.481 e. The Balaban J connectivity index is 2.12. The van der Waals surface area contributed by atoms with Crippen LogP contribution in [0.4, 0.5) is 0 Å². The van der Waals surface area contributed by atoms with Crippen LogP contribution >= 0.6 is 0 Å². The molecule has 2 rings (SSSR count). The molecule has 0 spiro atoms. The third kappa shape index (κ3) is 3.41. The van der Waals surface area contributed by atoms with E-state index in [-0.39, 0.29) is 37.4 Å². The van der Waals surface area contributed by atoms with Crippen molar-refractivity contribution in [3.63, 3.8) is 0 Å². The first-order chi connectivity index (χ1) is 10.8. The molecule has 0 radical (unpaired) electrons. The van der Waals surface area contributed by atoms with Crippen LogP contribution in [0.25, 0.3) is 5.70 Å². The molecule has 1 aromatic carbocycles. The van der Waals surface area contributed by atoms with E-state index in [2.05, 4.69) is 6.58 Å². The van der Waals surface area contributed by atoms with Gasteiger partial charge in [0.25, 0.3) is 5.91 Å². The lowest BCUT2D eigenvalue weighted by Gasteiger charge is -2.28. The summed E-state index contributed by atoms with van der Waals surface area (Å²) in [5.74, 6) is -1.50. The second-order valence-electron chi connectivity index (χ2n) is 5.71. The summed E-state index contributed by atoms with van der Waals surface area (Å²) in [7, 11) is 0. The number of carbonyl (C=O) groups excluding carboxylic acids is 2. The van der Waals surface area contributed by atoms with Crippen LogP contribution in [0.15, 0.2) is 30.8 Å². The van der Waals surface area contributed by atoms with Gasteiger partial charge < -0.3 is 10.0 Å². The number of carbonyl (C=O) groups is 3. The maximum Gasteiger partial charge on any atom is 0.305 e. The van der Waals surface area contributed by atoms with Gasteiger partial charge in [0.15, 0.2) is 0 Å². The summed E-state index contributed by atoms with van der Waals surface area (Å²) in [6, 6.07) is 6.94. The van der Waals surface area contributed by atoms with Gasteiger partial charge in [-0.25, -0.2) is 0 Å². The predicted molar refractivity (Wildman–Crippen MR) is 85.6 cm³/mol. The standard InChI is InChI=1S/C17H20N2O4/c1-11(2)18(9-8-16(21)22)15(20)10-19-12(3)13-6-4-5-7-14(13)17(19)23/h4-7,11H,3,8-10H2,1-2H3,(H,21,22). The number of nitrogens with zero attached hydrogens (tertiary/aromatic N) is 2. The van der Waals surface area contributed by atoms with Gasteiger partial charge in [-0.15, -0.1) is 0 Å². The van der Waals surface area contributed by atoms with Crippen molar-refractivity contribution in [3.05, 3.63) is 42.0 Å². The van der Waals surface area contributed by atoms with Gasteiger partial charge >= 0.3 is 5.97 Å². The molecule has 0 bridgehead atoms. The maximum absolute atomic E-state index is 12.5. The van der Waals surface area contributed by atoms with E-state index in [4.69, 9.17) is 5.11 Å². The van der Waals surface area contributed by atoms with Crippen LogP contribution in [0.5, 0.6) is 0 Å². The summed E-state index contributed by atoms with van der Waals surface area (Å²) in [6.45, 7) is 7.51. The van der Waals surface area contributed by atoms with Crippen molar-refractivity contribution in [1.29, 1.82) is 0 Å². The van der Waals surface area contributed by atoms with Gasteiger partial charge in [-0.3, -0.25) is 19.3 Å². The van der Waals surface area contributed by atoms with E-state index in [0.717, 1.165) is 5.56 Å². The highest BCUT2D eigenvalue weighted by molar-refractivity contribution is 6.10. The molecule has 1 heterocycles. The Morgan fingerprint density at radius 2 is 1.87 bits per heavy atom. The van der Waals surface area contributed by atoms with E-state index < -0.39 is 5.97 Å². The predicted octanol–water partition coefficient (Wildman–Crippen LogP) is 1.82. The number of hydrogen-bond acceptors (Lipinski definition) is 3. The Morgan fingerprint density at radius 1 is 1.26 bits per heavy atom. The topological polar surface area (TPSA) is 77.9 Å². The number of hydrogen-bond donors (Lipinski definition) is 1. The summed E-state index contributed by atoms with van der Waals surface area (Å²) in [6.07, 6.45) is -0.126. The lowest BCUT2D eigenvalue weighted by molar-refractivity contribution is -0.139. The quantitative estimate of drug-likeness (QED) is 0.868. The molecule has 1 aliphatic heterocycles. The first-order valence-corrected chi connectivity index (χ1v) is 7.44. The first kappa shape index (κ1) is 16.7. The molecule has 2 amide bonds. The molecule has 23 heavy (non-hydrogen) atoms. The van der Waals surface area contributed by atoms with Crippen LogP contribution in [-0.4, -0.2) is 51.8 Å². The fourth-order valence-electron chi connectivity index (χ4n) is 2.61. The number of rotatable bonds is 6. The van der Waals surface area contributed by atoms with Crippen molar-refractivity contribution >= 4 is 23.5 Å². The highest BCUT2D eigenvalue weighted by Gasteiger charge is 2.33. The minimum atomic E-state index is -0.961. The van der Waals surface area contributed by atoms with E-state index in [0.29, 0.717) is 11.3 Å². The van der Waals surface area contributed by atoms with E-state index >= 15 is 0 Å². The molecule has 6 heteroatoms. The number of aliphatic carboxylic acids is 1. The smallest absolute Gasteiger partial charge is 0.305 e. The molecule has 122 valence electrons. The molecule has 6 nitrogen and oxygen atoms in total. The zero-order chi connectivity index (χ0) is 17.1. The zero-order valence-electron chi connectivity index (χ0n) is 13.3. The number of amides is 2. The molecule has 1 aromatic rings. The van der Waals surface area contributed by atoms with Crippen LogP contribution < -0.4 is 0 Å². The average molecular weight is 316 g/mol. The van der Waals surface area contributed by atoms with Gasteiger partial charge in [0.2, 0.25) is 5.91 Å². The Kier molecular flexibility index (Phi) is 4.83. The lowest BCUT2D eigenvalue weighted by atomic mass is 10.1. The molecule has 0 fully saturated rings. The van der Waals surface area contributed by atoms with Crippen molar-refractivity contribution in [3.8, 4) is 0 Å². The Labute approximate surface area is 135 Å². The van der Waals surface area contributed by atoms with Gasteiger partial charge in [0, 0.05) is 29.4 Å². The molecule has 0 aromatic heterocycles. The lowest BCUT2D eigenvalue weighted by Crippen LogP contribution is -2.44. The molecular weight excluding hydrogens is 296 g/mol. The molecule has 1 N–H and O–H groups in total. The van der Waals surface area contributed by atoms with Crippen molar-refractivity contribution < 1.29 is 19.5 Å². The molecule has 0 saturated heterocycles. The van der Waals surface area contributed by atoms with Crippen LogP contribution in [-0.2, 0) is 9.59 Å². The first-order valence-electron chi connectivity index (χ1n) is 7.44. The summed E-state index contributed by atoms with van der Waals surface area (Å²) >= 11 is 0. The number of benzene rings is 1. The highest BCUT2D eigenvalue weighted by atomic mass is 16.4. The summed E-state index contributed by atoms with van der Waals surface area (Å²) < 4.78 is 0. The van der Waals surface area contributed by atoms with Gasteiger partial charge in [-0.05, 0) is 19.9 Å². The van der Waals surface area contributed by atoms with E-state index in [1.54, 1.807) is 18.2 Å². The number of carboxylic acid groups (broad SMARTS) is 1. The molecule has 1 aliphatic rings. The monoisotopic (exact) mass is 316 g/mol. The normalized spacial score (nSPS) is 13.4. The van der Waals surface area contributed by atoms with Crippen LogP contribution in [0.2, 0.25) is 0 Å². The average Bonchev–Trinajstić information content (AvgIpc) is 2.72. The fourth-order valence-corrected chi connectivity index (χ4v) is 2.61. The molecule has 0 saturated carbocycles. The van der Waals surface area contributed by atoms with Crippen molar-refractivity contribution in [2.75, 3.05) is 13.1 Å². The zero-order valence-corrected chi connectivity index (χ0v) is 13.3. The van der Waals surface area contributed by atoms with Crippen LogP contribution in [0.3, 0.4) is 0 Å². The third-order valence-electron chi connectivity index (χ3n) is 3.84. The highest BCUT2D eigenvalue weighted by Crippen LogP contribution is 2.30. The third-order valence-corrected chi connectivity index (χ3v) is 3.84. The van der Waals surface area contributed by atoms with Gasteiger partial charge in [-0.1, -0.05) is 24.8 Å². The number of carboxylic acids is 1. The Bertz CT molecular complexity index is 631. The minimum absolute atomic E-state index is 0.118. The second kappa shape index (κ2) is 6.64. The van der Waals surface area contributed by atoms with Gasteiger partial charge in [-0.2, -0.15) is 0 Å². The van der Waals surface area contributed by atoms with Crippen LogP contribution in [0, 0.1) is 0 Å². The Morgan fingerprint density at radius 3 is 2.39 bits per heavy atom. The summed E-state index contributed by atoms with van der Waals surface area (Å²) in [5, 5.41) is 8.80. The summed E-state index contributed by atoms with van der Waals surface area (Å²) in [5.41, 5.74) is 1.76. The van der Waals surface area contributed by atoms with Crippen molar-refractivity contribution in [1.82, 2.24) is 9.80 Å². The fraction of sp³-hybridized carbons (Fsp3) is 0.353. The molecule has 0 atom stereocenters. The second-order valence-corrected chi connectivity index (χ2v) is 5.71. The maximum atomic E-state index is 12.5. The SMILES string of the molecule is C=C1c2ccccc2C(=O)N1CC(=O)N(CCC(=O)O)C(C)C. The van der Waals surface area contributed by atoms with Crippen molar-refractivity contribution in [2.45, 2.75) is 26.3 Å². The molecule has 0 unspecified atom stereocenters. The number of fused-ring (bicyclic) bond motifs is 1. The van der Waals surface area contributed by atoms with Crippen LogP contribution in [0.1, 0.15) is 36.2 Å². The minimum Gasteiger partial charge on any atom is -0.481 e. The summed E-state index contributed by atoms with van der Waals surface area (Å²) in [4.78, 5) is 38.4. The van der Waals surface area contributed by atoms with E-state index in [9.17, 15) is 14.4 Å². The Hall–Kier alpha value is -2.63. The molecular formula is C17H20N2O4. The van der Waals surface area contributed by atoms with E-state index in [1.807, 2.05) is 19.9 Å². The van der Waals surface area contributed by atoms with Gasteiger partial charge in [0.1, 0.15) is 6.54 Å². The van der Waals surface area contributed by atoms with E-state index in [1.165, 1.54) is 9.80 Å².